The summed E-state index contributed by atoms with van der Waals surface area (Å²) in [5.41, 5.74) is 0. The van der Waals surface area contributed by atoms with Gasteiger partial charge in [-0.25, -0.2) is 4.98 Å². The molecule has 4 nitrogen and oxygen atoms in total. The zero-order valence-electron chi connectivity index (χ0n) is 7.25. The Morgan fingerprint density at radius 2 is 1.92 bits per heavy atom. The molecule has 0 spiro atoms. The first-order valence-electron chi connectivity index (χ1n) is 3.64. The number of aromatic nitrogens is 4. The maximum Gasteiger partial charge on any atom is 0.0943 e. The average Bonchev–Trinajstić information content (AvgIpc) is 2.63. The van der Waals surface area contributed by atoms with E-state index in [1.165, 1.54) is 0 Å². The fourth-order valence-corrected chi connectivity index (χ4v) is 0.671. The van der Waals surface area contributed by atoms with Gasteiger partial charge >= 0.3 is 0 Å². The van der Waals surface area contributed by atoms with Crippen molar-refractivity contribution in [1.82, 2.24) is 19.3 Å². The summed E-state index contributed by atoms with van der Waals surface area (Å²) < 4.78 is 3.64. The molecular formula is C8H12N4. The van der Waals surface area contributed by atoms with Crippen molar-refractivity contribution in [3.05, 3.63) is 37.2 Å². The molecule has 12 heavy (non-hydrogen) atoms. The number of nitrogens with zero attached hydrogens (tertiary/aromatic N) is 4. The van der Waals surface area contributed by atoms with Crippen LogP contribution < -0.4 is 0 Å². The number of imidazole rings is 1. The van der Waals surface area contributed by atoms with Crippen molar-refractivity contribution in [2.45, 2.75) is 0 Å². The zero-order valence-corrected chi connectivity index (χ0v) is 7.25. The molecule has 0 atom stereocenters. The molecule has 2 rings (SSSR count). The highest BCUT2D eigenvalue weighted by atomic mass is 15.2. The van der Waals surface area contributed by atoms with E-state index in [0.29, 0.717) is 0 Å². The largest absolute Gasteiger partial charge is 0.341 e. The molecule has 2 aromatic heterocycles. The standard InChI is InChI=1S/2C4H6N2/c1-6-3-2-5-4-6;1-6-4-2-3-5-6/h2*2-4H,1H3. The van der Waals surface area contributed by atoms with Crippen LogP contribution in [-0.4, -0.2) is 19.3 Å². The normalized spacial score (nSPS) is 8.83. The summed E-state index contributed by atoms with van der Waals surface area (Å²) in [6, 6.07) is 1.89. The van der Waals surface area contributed by atoms with Gasteiger partial charge in [0.05, 0.1) is 6.33 Å². The van der Waals surface area contributed by atoms with Gasteiger partial charge in [-0.2, -0.15) is 5.10 Å². The lowest BCUT2D eigenvalue weighted by Gasteiger charge is -1.77. The van der Waals surface area contributed by atoms with E-state index in [9.17, 15) is 0 Å². The van der Waals surface area contributed by atoms with Crippen LogP contribution in [0.25, 0.3) is 0 Å². The summed E-state index contributed by atoms with van der Waals surface area (Å²) in [5, 5.41) is 3.83. The maximum atomic E-state index is 3.83. The van der Waals surface area contributed by atoms with E-state index >= 15 is 0 Å². The van der Waals surface area contributed by atoms with E-state index in [4.69, 9.17) is 0 Å². The van der Waals surface area contributed by atoms with Crippen LogP contribution in [0, 0.1) is 0 Å². The third-order valence-corrected chi connectivity index (χ3v) is 1.27. The van der Waals surface area contributed by atoms with Crippen LogP contribution in [0.3, 0.4) is 0 Å². The Morgan fingerprint density at radius 1 is 1.08 bits per heavy atom. The van der Waals surface area contributed by atoms with Gasteiger partial charge in [0.15, 0.2) is 0 Å². The van der Waals surface area contributed by atoms with E-state index < -0.39 is 0 Å². The molecular weight excluding hydrogens is 152 g/mol. The molecule has 0 fully saturated rings. The lowest BCUT2D eigenvalue weighted by molar-refractivity contribution is 0.768. The summed E-state index contributed by atoms with van der Waals surface area (Å²) in [7, 11) is 3.83. The van der Waals surface area contributed by atoms with Crippen molar-refractivity contribution in [3.8, 4) is 0 Å². The molecule has 0 saturated carbocycles. The summed E-state index contributed by atoms with van der Waals surface area (Å²) in [6.07, 6.45) is 9.03. The average molecular weight is 164 g/mol. The Hall–Kier alpha value is -1.58. The lowest BCUT2D eigenvalue weighted by atomic mass is 10.8. The molecule has 4 heteroatoms. The van der Waals surface area contributed by atoms with Crippen molar-refractivity contribution < 1.29 is 0 Å². The number of hydrogen-bond acceptors (Lipinski definition) is 2. The van der Waals surface area contributed by atoms with Gasteiger partial charge in [0, 0.05) is 38.9 Å². The van der Waals surface area contributed by atoms with E-state index in [1.54, 1.807) is 23.4 Å². The number of hydrogen-bond donors (Lipinski definition) is 0. The molecule has 0 radical (unpaired) electrons. The maximum absolute atomic E-state index is 3.83. The van der Waals surface area contributed by atoms with Gasteiger partial charge < -0.3 is 4.57 Å². The highest BCUT2D eigenvalue weighted by Crippen LogP contribution is 1.73. The molecule has 0 aliphatic carbocycles. The van der Waals surface area contributed by atoms with Crippen LogP contribution in [0.4, 0.5) is 0 Å². The van der Waals surface area contributed by atoms with E-state index in [2.05, 4.69) is 10.1 Å². The van der Waals surface area contributed by atoms with Crippen LogP contribution in [0.1, 0.15) is 0 Å². The first-order valence-corrected chi connectivity index (χ1v) is 3.64. The molecule has 2 heterocycles. The van der Waals surface area contributed by atoms with Crippen LogP contribution in [0.5, 0.6) is 0 Å². The van der Waals surface area contributed by atoms with Crippen LogP contribution >= 0.6 is 0 Å². The molecule has 0 amide bonds. The molecule has 0 saturated heterocycles. The summed E-state index contributed by atoms with van der Waals surface area (Å²) in [5.74, 6) is 0. The number of rotatable bonds is 0. The van der Waals surface area contributed by atoms with Gasteiger partial charge in [-0.1, -0.05) is 0 Å². The smallest absolute Gasteiger partial charge is 0.0943 e. The zero-order chi connectivity index (χ0) is 8.81. The Bertz CT molecular complexity index is 250. The Morgan fingerprint density at radius 3 is 2.08 bits per heavy atom. The van der Waals surface area contributed by atoms with Crippen LogP contribution in [0.2, 0.25) is 0 Å². The van der Waals surface area contributed by atoms with E-state index in [0.717, 1.165) is 0 Å². The Balaban J connectivity index is 0.000000120. The topological polar surface area (TPSA) is 35.6 Å². The molecule has 0 bridgehead atoms. The van der Waals surface area contributed by atoms with Gasteiger partial charge in [-0.05, 0) is 6.07 Å². The summed E-state index contributed by atoms with van der Waals surface area (Å²) >= 11 is 0. The minimum atomic E-state index is 1.75. The van der Waals surface area contributed by atoms with Gasteiger partial charge in [-0.3, -0.25) is 4.68 Å². The molecule has 0 aliphatic heterocycles. The number of aryl methyl sites for hydroxylation is 2. The van der Waals surface area contributed by atoms with Gasteiger partial charge in [0.1, 0.15) is 0 Å². The molecule has 2 aromatic rings. The van der Waals surface area contributed by atoms with E-state index in [1.807, 2.05) is 37.1 Å². The second-order valence-electron chi connectivity index (χ2n) is 2.41. The Kier molecular flexibility index (Phi) is 3.07. The molecule has 0 unspecified atom stereocenters. The minimum Gasteiger partial charge on any atom is -0.341 e. The van der Waals surface area contributed by atoms with Gasteiger partial charge in [-0.15, -0.1) is 0 Å². The molecule has 0 N–H and O–H groups in total. The predicted octanol–water partition coefficient (Wildman–Crippen LogP) is 0.840. The molecule has 0 aliphatic rings. The van der Waals surface area contributed by atoms with Crippen LogP contribution in [0.15, 0.2) is 37.2 Å². The first kappa shape index (κ1) is 8.52. The second kappa shape index (κ2) is 4.33. The third-order valence-electron chi connectivity index (χ3n) is 1.27. The van der Waals surface area contributed by atoms with E-state index in [-0.39, 0.29) is 0 Å². The minimum absolute atomic E-state index is 1.75. The molecule has 0 aromatic carbocycles. The van der Waals surface area contributed by atoms with Crippen molar-refractivity contribution in [3.63, 3.8) is 0 Å². The lowest BCUT2D eigenvalue weighted by Crippen LogP contribution is -1.83. The van der Waals surface area contributed by atoms with Crippen molar-refractivity contribution in [1.29, 1.82) is 0 Å². The van der Waals surface area contributed by atoms with Gasteiger partial charge in [0.25, 0.3) is 0 Å². The Labute approximate surface area is 71.5 Å². The SMILES string of the molecule is Cn1cccn1.Cn1ccnc1. The fraction of sp³-hybridized carbons (Fsp3) is 0.250. The van der Waals surface area contributed by atoms with Gasteiger partial charge in [0.2, 0.25) is 0 Å². The third kappa shape index (κ3) is 3.01. The van der Waals surface area contributed by atoms with Crippen molar-refractivity contribution in [2.75, 3.05) is 0 Å². The molecule has 64 valence electrons. The van der Waals surface area contributed by atoms with Crippen molar-refractivity contribution >= 4 is 0 Å². The fourth-order valence-electron chi connectivity index (χ4n) is 0.671. The highest BCUT2D eigenvalue weighted by Gasteiger charge is 1.69. The highest BCUT2D eigenvalue weighted by molar-refractivity contribution is 4.75. The second-order valence-corrected chi connectivity index (χ2v) is 2.41. The predicted molar refractivity (Wildman–Crippen MR) is 46.4 cm³/mol. The summed E-state index contributed by atoms with van der Waals surface area (Å²) in [6.45, 7) is 0. The summed E-state index contributed by atoms with van der Waals surface area (Å²) in [4.78, 5) is 3.78. The monoisotopic (exact) mass is 164 g/mol. The quantitative estimate of drug-likeness (QED) is 0.578. The first-order chi connectivity index (χ1) is 5.79. The van der Waals surface area contributed by atoms with Crippen LogP contribution in [-0.2, 0) is 14.1 Å². The van der Waals surface area contributed by atoms with Crippen molar-refractivity contribution in [2.24, 2.45) is 14.1 Å².